The van der Waals surface area contributed by atoms with Crippen molar-refractivity contribution in [1.82, 2.24) is 0 Å². The molecule has 0 radical (unpaired) electrons. The van der Waals surface area contributed by atoms with Crippen molar-refractivity contribution in [2.75, 3.05) is 0 Å². The highest BCUT2D eigenvalue weighted by Gasteiger charge is 2.06. The van der Waals surface area contributed by atoms with Crippen LogP contribution in [0, 0.1) is 4.91 Å². The Hall–Kier alpha value is -1.29. The summed E-state index contributed by atoms with van der Waals surface area (Å²) in [6, 6.07) is 6.37. The standard InChI is InChI=1S/C7H5NO2S/c9-5-6-3-1-2-4-7(6)8(10)11/h1-5H. The summed E-state index contributed by atoms with van der Waals surface area (Å²) in [7, 11) is 0. The summed E-state index contributed by atoms with van der Waals surface area (Å²) in [5, 5.41) is 0. The van der Waals surface area contributed by atoms with Gasteiger partial charge < -0.3 is 12.8 Å². The van der Waals surface area contributed by atoms with E-state index in [0.717, 1.165) is 0 Å². The molecule has 0 N–H and O–H groups in total. The van der Waals surface area contributed by atoms with Crippen LogP contribution >= 0.6 is 0 Å². The summed E-state index contributed by atoms with van der Waals surface area (Å²) < 4.78 is 0.254. The Labute approximate surface area is 69.2 Å². The number of nitroso groups, excluding NO2 is 1. The minimum absolute atomic E-state index is 0.220. The second kappa shape index (κ2) is 3.21. The summed E-state index contributed by atoms with van der Waals surface area (Å²) in [6.45, 7) is 0. The SMILES string of the molecule is O=Cc1ccccc1[N+](=O)[S-]. The molecular weight excluding hydrogens is 162 g/mol. The fourth-order valence-corrected chi connectivity index (χ4v) is 0.920. The van der Waals surface area contributed by atoms with Crippen LogP contribution in [0.4, 0.5) is 5.69 Å². The Bertz CT molecular complexity index is 298. The maximum atomic E-state index is 10.6. The minimum Gasteiger partial charge on any atom is -0.364 e. The molecule has 0 aliphatic rings. The van der Waals surface area contributed by atoms with Gasteiger partial charge in [-0.1, -0.05) is 16.3 Å². The average Bonchev–Trinajstić information content (AvgIpc) is 2.04. The van der Waals surface area contributed by atoms with E-state index in [1.165, 1.54) is 6.07 Å². The van der Waals surface area contributed by atoms with E-state index in [1.54, 1.807) is 18.2 Å². The highest BCUT2D eigenvalue weighted by Crippen LogP contribution is 2.14. The Morgan fingerprint density at radius 3 is 2.45 bits per heavy atom. The summed E-state index contributed by atoms with van der Waals surface area (Å²) in [4.78, 5) is 20.9. The Morgan fingerprint density at radius 1 is 1.36 bits per heavy atom. The number of carbonyl (C=O) groups is 1. The smallest absolute Gasteiger partial charge is 0.248 e. The highest BCUT2D eigenvalue weighted by atomic mass is 32.1. The number of hydrogen-bond donors (Lipinski definition) is 0. The van der Waals surface area contributed by atoms with Crippen molar-refractivity contribution < 1.29 is 8.96 Å². The lowest BCUT2D eigenvalue weighted by Crippen LogP contribution is -1.92. The maximum Gasteiger partial charge on any atom is 0.248 e. The first kappa shape index (κ1) is 7.81. The molecule has 1 aromatic carbocycles. The van der Waals surface area contributed by atoms with Gasteiger partial charge in [0.15, 0.2) is 6.29 Å². The third-order valence-electron chi connectivity index (χ3n) is 1.26. The van der Waals surface area contributed by atoms with Crippen LogP contribution in [0.2, 0.25) is 0 Å². The number of aldehydes is 1. The molecule has 0 aromatic heterocycles. The Kier molecular flexibility index (Phi) is 2.28. The van der Waals surface area contributed by atoms with Gasteiger partial charge in [-0.2, -0.15) is 0 Å². The van der Waals surface area contributed by atoms with E-state index >= 15 is 0 Å². The summed E-state index contributed by atoms with van der Waals surface area (Å²) in [5.41, 5.74) is 0.537. The van der Waals surface area contributed by atoms with Crippen molar-refractivity contribution in [2.24, 2.45) is 0 Å². The predicted molar refractivity (Wildman–Crippen MR) is 42.5 cm³/mol. The van der Waals surface area contributed by atoms with Crippen molar-refractivity contribution in [3.63, 3.8) is 0 Å². The summed E-state index contributed by atoms with van der Waals surface area (Å²) in [5.74, 6) is 0. The van der Waals surface area contributed by atoms with Gasteiger partial charge in [0.25, 0.3) is 0 Å². The first-order chi connectivity index (χ1) is 5.25. The minimum atomic E-state index is 0.220. The van der Waals surface area contributed by atoms with Gasteiger partial charge in [0.05, 0.1) is 5.56 Å². The summed E-state index contributed by atoms with van der Waals surface area (Å²) in [6.07, 6.45) is 0.604. The summed E-state index contributed by atoms with van der Waals surface area (Å²) >= 11 is 4.32. The monoisotopic (exact) mass is 167 g/mol. The van der Waals surface area contributed by atoms with Gasteiger partial charge >= 0.3 is 0 Å². The van der Waals surface area contributed by atoms with Gasteiger partial charge in [0.2, 0.25) is 5.69 Å². The van der Waals surface area contributed by atoms with Crippen LogP contribution in [-0.4, -0.2) is 10.5 Å². The molecule has 0 fully saturated rings. The number of rotatable bonds is 2. The van der Waals surface area contributed by atoms with Crippen molar-refractivity contribution in [3.05, 3.63) is 34.7 Å². The van der Waals surface area contributed by atoms with E-state index in [-0.39, 0.29) is 9.85 Å². The van der Waals surface area contributed by atoms with Gasteiger partial charge in [-0.05, 0) is 6.07 Å². The lowest BCUT2D eigenvalue weighted by Gasteiger charge is -1.94. The number of hydrogen-bond acceptors (Lipinski definition) is 3. The third-order valence-corrected chi connectivity index (χ3v) is 1.46. The van der Waals surface area contributed by atoms with E-state index < -0.39 is 0 Å². The molecule has 0 saturated heterocycles. The molecule has 4 heteroatoms. The molecule has 1 rings (SSSR count). The molecular formula is C7H5NO2S. The van der Waals surface area contributed by atoms with E-state index in [1.807, 2.05) is 0 Å². The first-order valence-electron chi connectivity index (χ1n) is 2.94. The molecule has 11 heavy (non-hydrogen) atoms. The zero-order chi connectivity index (χ0) is 8.27. The van der Waals surface area contributed by atoms with E-state index in [0.29, 0.717) is 11.8 Å². The Balaban J connectivity index is 3.22. The maximum absolute atomic E-state index is 10.6. The van der Waals surface area contributed by atoms with Crippen LogP contribution in [0.25, 0.3) is 0 Å². The van der Waals surface area contributed by atoms with Crippen molar-refractivity contribution >= 4 is 24.8 Å². The zero-order valence-corrected chi connectivity index (χ0v) is 6.38. The number of para-hydroxylation sites is 1. The van der Waals surface area contributed by atoms with Crippen LogP contribution in [0.3, 0.4) is 0 Å². The molecule has 0 bridgehead atoms. The lowest BCUT2D eigenvalue weighted by molar-refractivity contribution is -0.262. The molecule has 0 aliphatic heterocycles. The van der Waals surface area contributed by atoms with Crippen LogP contribution < -0.4 is 0 Å². The highest BCUT2D eigenvalue weighted by molar-refractivity contribution is 7.51. The molecule has 0 atom stereocenters. The second-order valence-electron chi connectivity index (χ2n) is 1.93. The van der Waals surface area contributed by atoms with Crippen LogP contribution in [0.1, 0.15) is 10.4 Å². The number of benzene rings is 1. The topological polar surface area (TPSA) is 37.1 Å². The van der Waals surface area contributed by atoms with Gasteiger partial charge in [-0.25, -0.2) is 0 Å². The largest absolute Gasteiger partial charge is 0.364 e. The predicted octanol–water partition coefficient (Wildman–Crippen LogP) is 1.37. The van der Waals surface area contributed by atoms with Crippen molar-refractivity contribution in [2.45, 2.75) is 0 Å². The molecule has 0 unspecified atom stereocenters. The first-order valence-corrected chi connectivity index (χ1v) is 3.31. The molecule has 0 heterocycles. The molecule has 56 valence electrons. The fourth-order valence-electron chi connectivity index (χ4n) is 0.753. The van der Waals surface area contributed by atoms with E-state index in [2.05, 4.69) is 12.8 Å². The van der Waals surface area contributed by atoms with Crippen LogP contribution in [-0.2, 0) is 12.8 Å². The number of nitrogens with zero attached hydrogens (tertiary/aromatic N) is 1. The molecule has 1 aromatic rings. The fraction of sp³-hybridized carbons (Fsp3) is 0. The van der Waals surface area contributed by atoms with Crippen molar-refractivity contribution in [3.8, 4) is 0 Å². The molecule has 0 saturated carbocycles. The molecule has 0 aliphatic carbocycles. The second-order valence-corrected chi connectivity index (χ2v) is 2.27. The molecule has 3 nitrogen and oxygen atoms in total. The zero-order valence-electron chi connectivity index (χ0n) is 5.56. The van der Waals surface area contributed by atoms with E-state index in [4.69, 9.17) is 0 Å². The molecule has 0 amide bonds. The van der Waals surface area contributed by atoms with Gasteiger partial charge in [0.1, 0.15) is 0 Å². The van der Waals surface area contributed by atoms with Gasteiger partial charge in [-0.3, -0.25) is 4.79 Å². The normalized spacial score (nSPS) is 9.09. The Morgan fingerprint density at radius 2 is 2.00 bits per heavy atom. The molecule has 0 spiro atoms. The van der Waals surface area contributed by atoms with Crippen LogP contribution in [0.5, 0.6) is 0 Å². The van der Waals surface area contributed by atoms with Gasteiger partial charge in [0, 0.05) is 11.0 Å². The number of carbonyl (C=O) groups excluding carboxylic acids is 1. The average molecular weight is 167 g/mol. The van der Waals surface area contributed by atoms with Crippen molar-refractivity contribution in [1.29, 1.82) is 0 Å². The van der Waals surface area contributed by atoms with Crippen LogP contribution in [0.15, 0.2) is 24.3 Å². The third kappa shape index (κ3) is 1.59. The quantitative estimate of drug-likeness (QED) is 0.379. The van der Waals surface area contributed by atoms with Gasteiger partial charge in [-0.15, -0.1) is 0 Å². The van der Waals surface area contributed by atoms with E-state index in [9.17, 15) is 9.70 Å². The lowest BCUT2D eigenvalue weighted by atomic mass is 10.2.